The lowest BCUT2D eigenvalue weighted by atomic mass is 9.93. The Labute approximate surface area is 837 Å². The molecule has 5 amide bonds. The molecule has 0 bridgehead atoms. The summed E-state index contributed by atoms with van der Waals surface area (Å²) in [6.45, 7) is -9.77. The van der Waals surface area contributed by atoms with Crippen molar-refractivity contribution < 1.29 is 301 Å². The van der Waals surface area contributed by atoms with Gasteiger partial charge in [0.15, 0.2) is 75.5 Å². The topological polar surface area (TPSA) is 1030 Å². The van der Waals surface area contributed by atoms with Gasteiger partial charge in [0.25, 0.3) is 0 Å². The van der Waals surface area contributed by atoms with Gasteiger partial charge in [0.05, 0.1) is 79.3 Å². The molecule has 0 aromatic carbocycles. The molecule has 856 valence electrons. The molecule has 12 saturated heterocycles. The highest BCUT2D eigenvalue weighted by Crippen LogP contribution is 2.43. The Bertz CT molecular complexity index is 4130. The van der Waals surface area contributed by atoms with Crippen molar-refractivity contribution in [2.24, 2.45) is 0 Å². The largest absolute Gasteiger partial charge is 0.394 e. The standard InChI is InChI=1S/C82H137N5O61/c1-18(98)83-35-46(109)62(27(10-92)128-71(35)125)145-80-61(124)68(146-82-70(148-75-39(87-22(5)102)50(113)66(31(14-96)136-75)144-79-59(122)54(117)43(106)26(9-91)132-79)60(123)67(32(15-97)137-82)140-73-37(85-20(3)100)48(111)64(29(12-94)134-73)142-77-57(120)52(115)41(104)24(7-89)130-77)45(108)34(138-80)17-127-81-69(147-74-38(86-21(4)101)49(112)65(30(13-95)135-74)143-78-58(121)53(116)42(105)25(8-90)131-78)55(118)44(107)33(139-81)16-126-72-36(84-19(2)99)47(110)63(28(11-93)133-72)141-76-56(119)51(114)40(103)23(6-88)129-76/h23-82,88-97,103-125H,6-17H2,1-5H3,(H,83,98)(H,84,99)(H,85,100)(H,86,101)(H,87,102)/t23-,24-,25-,26-,27-,28-,29-,30-,31-,32-,33-,34-,35-,36-,37-,38-,39-,40+,41+,42+,43+,44-,45-,46-,47+,48-,49-,50-,51+,52+,53+,54+,55+,56-,57-,58-,59-,60+,61+,62-,63-,64-,65-,66-,67-,68+,69+,70+,71-,72-,73+,74+,75+,76+,77+,78+,79+,80+,81+,82-/m1/s1. The third-order valence-corrected chi connectivity index (χ3v) is 27.1. The van der Waals surface area contributed by atoms with Crippen LogP contribution in [0.15, 0.2) is 0 Å². The summed E-state index contributed by atoms with van der Waals surface area (Å²) in [6.07, 6.45) is -121. The first-order chi connectivity index (χ1) is 70.1. The molecule has 12 aliphatic rings. The molecular formula is C82H137N5O61. The zero-order valence-electron chi connectivity index (χ0n) is 79.3. The second-order valence-corrected chi connectivity index (χ2v) is 37.4. The van der Waals surface area contributed by atoms with Gasteiger partial charge in [-0.05, 0) is 0 Å². The van der Waals surface area contributed by atoms with E-state index in [2.05, 4.69) is 26.6 Å². The van der Waals surface area contributed by atoms with Gasteiger partial charge in [-0.1, -0.05) is 0 Å². The van der Waals surface area contributed by atoms with Gasteiger partial charge in [0.2, 0.25) is 29.5 Å². The smallest absolute Gasteiger partial charge is 0.217 e. The number of carbonyl (C=O) groups is 5. The Morgan fingerprint density at radius 2 is 0.378 bits per heavy atom. The fraction of sp³-hybridized carbons (Fsp3) is 0.939. The number of nitrogens with one attached hydrogen (secondary N) is 5. The van der Waals surface area contributed by atoms with E-state index in [1.54, 1.807) is 0 Å². The molecule has 12 rings (SSSR count). The molecule has 60 atom stereocenters. The number of aliphatic hydroxyl groups excluding tert-OH is 33. The second-order valence-electron chi connectivity index (χ2n) is 37.4. The molecular weight excluding hydrogens is 2030 g/mol. The monoisotopic (exact) mass is 2170 g/mol. The number of rotatable bonds is 39. The molecule has 38 N–H and O–H groups in total. The van der Waals surface area contributed by atoms with Crippen LogP contribution in [0.1, 0.15) is 34.6 Å². The Morgan fingerprint density at radius 3 is 0.689 bits per heavy atom. The Morgan fingerprint density at radius 1 is 0.176 bits per heavy atom. The minimum Gasteiger partial charge on any atom is -0.394 e. The minimum atomic E-state index is -2.76. The van der Waals surface area contributed by atoms with Gasteiger partial charge in [-0.15, -0.1) is 0 Å². The van der Waals surface area contributed by atoms with Gasteiger partial charge in [-0.2, -0.15) is 0 Å². The normalized spacial score (nSPS) is 49.3. The third-order valence-electron chi connectivity index (χ3n) is 27.1. The molecule has 66 nitrogen and oxygen atoms in total. The van der Waals surface area contributed by atoms with Crippen molar-refractivity contribution in [2.75, 3.05) is 79.3 Å². The molecule has 0 aromatic heterocycles. The average Bonchev–Trinajstić information content (AvgIpc) is 0.763. The van der Waals surface area contributed by atoms with Crippen LogP contribution in [0.2, 0.25) is 0 Å². The Hall–Kier alpha value is -4.89. The summed E-state index contributed by atoms with van der Waals surface area (Å²) < 4.78 is 138. The van der Waals surface area contributed by atoms with Crippen LogP contribution in [-0.4, -0.2) is 645 Å². The Kier molecular flexibility index (Phi) is 43.9. The maximum atomic E-state index is 13.5. The summed E-state index contributed by atoms with van der Waals surface area (Å²) in [6, 6.07) is -10.1. The summed E-state index contributed by atoms with van der Waals surface area (Å²) in [5.41, 5.74) is 0. The first kappa shape index (κ1) is 122. The van der Waals surface area contributed by atoms with Crippen molar-refractivity contribution in [3.8, 4) is 0 Å². The van der Waals surface area contributed by atoms with Gasteiger partial charge >= 0.3 is 0 Å². The zero-order valence-corrected chi connectivity index (χ0v) is 79.3. The van der Waals surface area contributed by atoms with Gasteiger partial charge < -0.3 is 304 Å². The zero-order chi connectivity index (χ0) is 109. The van der Waals surface area contributed by atoms with E-state index in [4.69, 9.17) is 109 Å². The molecule has 0 aromatic rings. The molecule has 0 unspecified atom stereocenters. The number of ether oxygens (including phenoxy) is 23. The van der Waals surface area contributed by atoms with Crippen molar-refractivity contribution >= 4 is 29.5 Å². The van der Waals surface area contributed by atoms with Gasteiger partial charge in [-0.3, -0.25) is 24.0 Å². The van der Waals surface area contributed by atoms with E-state index < -0.39 is 477 Å². The first-order valence-corrected chi connectivity index (χ1v) is 47.2. The molecule has 0 aliphatic carbocycles. The van der Waals surface area contributed by atoms with Crippen LogP contribution in [-0.2, 0) is 133 Å². The van der Waals surface area contributed by atoms with E-state index >= 15 is 0 Å². The number of amides is 5. The lowest BCUT2D eigenvalue weighted by Gasteiger charge is -2.52. The number of hydrogen-bond acceptors (Lipinski definition) is 61. The first-order valence-electron chi connectivity index (χ1n) is 47.2. The van der Waals surface area contributed by atoms with E-state index in [-0.39, 0.29) is 0 Å². The Balaban J connectivity index is 0.931. The van der Waals surface area contributed by atoms with E-state index in [0.717, 1.165) is 34.6 Å². The van der Waals surface area contributed by atoms with Crippen molar-refractivity contribution in [1.82, 2.24) is 26.6 Å². The summed E-state index contributed by atoms with van der Waals surface area (Å²) in [4.78, 5) is 65.7. The maximum absolute atomic E-state index is 13.5. The van der Waals surface area contributed by atoms with Crippen molar-refractivity contribution in [3.05, 3.63) is 0 Å². The van der Waals surface area contributed by atoms with Crippen LogP contribution >= 0.6 is 0 Å². The molecule has 12 aliphatic heterocycles. The van der Waals surface area contributed by atoms with Gasteiger partial charge in [0.1, 0.15) is 293 Å². The van der Waals surface area contributed by atoms with Gasteiger partial charge in [-0.25, -0.2) is 0 Å². The molecule has 148 heavy (non-hydrogen) atoms. The number of carbonyl (C=O) groups excluding carboxylic acids is 5. The van der Waals surface area contributed by atoms with Crippen LogP contribution in [0.3, 0.4) is 0 Å². The van der Waals surface area contributed by atoms with Gasteiger partial charge in [0, 0.05) is 34.6 Å². The molecule has 12 fully saturated rings. The second kappa shape index (κ2) is 53.4. The van der Waals surface area contributed by atoms with Crippen LogP contribution in [0.5, 0.6) is 0 Å². The molecule has 66 heteroatoms. The van der Waals surface area contributed by atoms with Crippen molar-refractivity contribution in [3.63, 3.8) is 0 Å². The lowest BCUT2D eigenvalue weighted by molar-refractivity contribution is -0.406. The number of aliphatic hydroxyl groups is 33. The minimum absolute atomic E-state index is 0.855. The highest BCUT2D eigenvalue weighted by molar-refractivity contribution is 5.75. The summed E-state index contributed by atoms with van der Waals surface area (Å²) in [7, 11) is 0. The SMILES string of the molecule is CC(=O)N[C@@H]1[C@@H](O)[C@H](O[C@@H]2O[C@H](CO[C@H]3O[C@H](CO[C@@H]4O[C@H](CO)[C@@H](O[C@@H]5O[C@H](CO)[C@H](O)[C@H](O)[C@H]5O)[C@@H](O)[C@H]4NC(C)=O)[C@@H](O)[C@H](O)[C@@H]3O[C@@H]3O[C@H](CO)[C@@H](O[C@@H]4O[C@H](CO)[C@H](O)[C@H](O)[C@H]4O)[C@H](O)[C@H]3NC(C)=O)[C@@H](O)[C@H](O[C@H]3O[C@H](CO)[C@@H](O[C@@H]4O[C@H](CO)[C@@H](O[C@@H]5O[C@H](CO)[C@H](O)[C@H](O)[C@H]5O)[C@H](O)[C@H]4NC(C)=O)[C@H](O)[C@@H]3O[C@@H]3O[C@H](CO)[C@@H](O[C@@H]4O[C@H](CO)[C@H](O)[C@H](O)[C@H]4O)[C@H](O)[C@H]3NC(C)=O)[C@@H]2O)[C@@H](CO)O[C@H]1O. The summed E-state index contributed by atoms with van der Waals surface area (Å²) in [5.74, 6) is -5.06. The lowest BCUT2D eigenvalue weighted by Crippen LogP contribution is -2.71. The summed E-state index contributed by atoms with van der Waals surface area (Å²) >= 11 is 0. The predicted octanol–water partition coefficient (Wildman–Crippen LogP) is -26.4. The fourth-order valence-electron chi connectivity index (χ4n) is 19.2. The highest BCUT2D eigenvalue weighted by atomic mass is 16.8. The molecule has 0 radical (unpaired) electrons. The van der Waals surface area contributed by atoms with E-state index in [1.165, 1.54) is 0 Å². The van der Waals surface area contributed by atoms with E-state index in [0.29, 0.717) is 0 Å². The van der Waals surface area contributed by atoms with Crippen LogP contribution in [0.25, 0.3) is 0 Å². The summed E-state index contributed by atoms with van der Waals surface area (Å²) in [5, 5.41) is 384. The number of hydrogen-bond donors (Lipinski definition) is 38. The molecule has 0 saturated carbocycles. The fourth-order valence-corrected chi connectivity index (χ4v) is 19.2. The highest BCUT2D eigenvalue weighted by Gasteiger charge is 2.64. The van der Waals surface area contributed by atoms with Crippen LogP contribution in [0, 0.1) is 0 Å². The molecule has 12 heterocycles. The third kappa shape index (κ3) is 26.9. The quantitative estimate of drug-likeness (QED) is 0.0272. The average molecular weight is 2170 g/mol. The van der Waals surface area contributed by atoms with Crippen molar-refractivity contribution in [1.29, 1.82) is 0 Å². The maximum Gasteiger partial charge on any atom is 0.217 e. The predicted molar refractivity (Wildman–Crippen MR) is 453 cm³/mol. The van der Waals surface area contributed by atoms with Crippen LogP contribution < -0.4 is 26.6 Å². The van der Waals surface area contributed by atoms with Crippen molar-refractivity contribution in [2.45, 2.75) is 403 Å². The van der Waals surface area contributed by atoms with E-state index in [1.807, 2.05) is 0 Å². The van der Waals surface area contributed by atoms with Crippen LogP contribution in [0.4, 0.5) is 0 Å². The molecule has 0 spiro atoms. The van der Waals surface area contributed by atoms with E-state index in [9.17, 15) is 192 Å².